The number of phenols is 2. The van der Waals surface area contributed by atoms with Crippen LogP contribution in [0.1, 0.15) is 33.7 Å². The van der Waals surface area contributed by atoms with Crippen LogP contribution in [0.2, 0.25) is 0 Å². The second-order valence-electron chi connectivity index (χ2n) is 6.63. The van der Waals surface area contributed by atoms with Crippen LogP contribution in [-0.4, -0.2) is 16.4 Å². The van der Waals surface area contributed by atoms with E-state index < -0.39 is 40.6 Å². The molecular formula is C21H10F5NO2S. The molecule has 2 N–H and O–H groups in total. The molecule has 0 bridgehead atoms. The van der Waals surface area contributed by atoms with Gasteiger partial charge in [0.1, 0.15) is 23.6 Å². The van der Waals surface area contributed by atoms with Gasteiger partial charge < -0.3 is 10.2 Å². The van der Waals surface area contributed by atoms with E-state index in [9.17, 15) is 37.4 Å². The van der Waals surface area contributed by atoms with Crippen molar-refractivity contribution in [1.82, 2.24) is 0 Å². The van der Waals surface area contributed by atoms with Crippen LogP contribution in [0.25, 0.3) is 11.1 Å². The van der Waals surface area contributed by atoms with Crippen molar-refractivity contribution in [2.24, 2.45) is 0 Å². The van der Waals surface area contributed by atoms with Gasteiger partial charge in [-0.2, -0.15) is 29.8 Å². The molecule has 2 aromatic carbocycles. The number of nitrogens with zero attached hydrogens (tertiary/aromatic N) is 1. The number of halogens is 5. The third kappa shape index (κ3) is 3.00. The van der Waals surface area contributed by atoms with Gasteiger partial charge in [0, 0.05) is 22.6 Å². The molecule has 0 spiro atoms. The molecule has 1 heterocycles. The second-order valence-corrected chi connectivity index (χ2v) is 7.37. The molecule has 1 aromatic heterocycles. The SMILES string of the molecule is N#Cc1cscc1C1=C(c2cc(F)c(O)cc2F)C(C(F)(F)F)c2ccc(O)cc21. The van der Waals surface area contributed by atoms with Crippen molar-refractivity contribution in [3.8, 4) is 17.6 Å². The van der Waals surface area contributed by atoms with E-state index in [1.165, 1.54) is 10.8 Å². The number of fused-ring (bicyclic) bond motifs is 1. The lowest BCUT2D eigenvalue weighted by Gasteiger charge is -2.21. The number of hydrogen-bond donors (Lipinski definition) is 2. The maximum Gasteiger partial charge on any atom is 0.399 e. The first-order valence-corrected chi connectivity index (χ1v) is 9.37. The van der Waals surface area contributed by atoms with Crippen LogP contribution < -0.4 is 0 Å². The third-order valence-corrected chi connectivity index (χ3v) is 5.62. The minimum absolute atomic E-state index is 0.0323. The van der Waals surface area contributed by atoms with Crippen LogP contribution >= 0.6 is 11.3 Å². The van der Waals surface area contributed by atoms with E-state index in [0.717, 1.165) is 29.5 Å². The van der Waals surface area contributed by atoms with Crippen molar-refractivity contribution < 1.29 is 32.2 Å². The molecule has 152 valence electrons. The molecular weight excluding hydrogens is 425 g/mol. The van der Waals surface area contributed by atoms with Crippen LogP contribution in [0.4, 0.5) is 22.0 Å². The summed E-state index contributed by atoms with van der Waals surface area (Å²) in [7, 11) is 0. The molecule has 1 aliphatic carbocycles. The summed E-state index contributed by atoms with van der Waals surface area (Å²) < 4.78 is 71.2. The topological polar surface area (TPSA) is 64.2 Å². The first-order valence-electron chi connectivity index (χ1n) is 8.42. The molecule has 1 atom stereocenters. The van der Waals surface area contributed by atoms with Crippen LogP contribution in [-0.2, 0) is 0 Å². The Morgan fingerprint density at radius 2 is 1.67 bits per heavy atom. The van der Waals surface area contributed by atoms with E-state index in [1.54, 1.807) is 0 Å². The molecule has 1 unspecified atom stereocenters. The molecule has 4 rings (SSSR count). The molecule has 1 aliphatic rings. The van der Waals surface area contributed by atoms with Gasteiger partial charge in [-0.1, -0.05) is 6.07 Å². The van der Waals surface area contributed by atoms with Gasteiger partial charge in [0.15, 0.2) is 11.6 Å². The Bertz CT molecular complexity index is 1250. The summed E-state index contributed by atoms with van der Waals surface area (Å²) in [6.45, 7) is 0. The number of alkyl halides is 3. The zero-order valence-electron chi connectivity index (χ0n) is 14.8. The van der Waals surface area contributed by atoms with Crippen molar-refractivity contribution in [2.75, 3.05) is 0 Å². The molecule has 0 amide bonds. The highest BCUT2D eigenvalue weighted by Gasteiger charge is 2.50. The summed E-state index contributed by atoms with van der Waals surface area (Å²) in [4.78, 5) is 0. The Morgan fingerprint density at radius 3 is 2.33 bits per heavy atom. The van der Waals surface area contributed by atoms with E-state index in [2.05, 4.69) is 0 Å². The molecule has 9 heteroatoms. The predicted octanol–water partition coefficient (Wildman–Crippen LogP) is 5.93. The zero-order chi connectivity index (χ0) is 21.8. The monoisotopic (exact) mass is 435 g/mol. The number of thiophene rings is 1. The van der Waals surface area contributed by atoms with E-state index in [-0.39, 0.29) is 33.6 Å². The van der Waals surface area contributed by atoms with Crippen molar-refractivity contribution in [1.29, 1.82) is 5.26 Å². The zero-order valence-corrected chi connectivity index (χ0v) is 15.6. The Labute approximate surface area is 170 Å². The van der Waals surface area contributed by atoms with Gasteiger partial charge in [-0.05, 0) is 45.9 Å². The Morgan fingerprint density at radius 1 is 0.933 bits per heavy atom. The largest absolute Gasteiger partial charge is 0.508 e. The number of nitriles is 1. The van der Waals surface area contributed by atoms with Gasteiger partial charge in [0.05, 0.1) is 5.56 Å². The summed E-state index contributed by atoms with van der Waals surface area (Å²) >= 11 is 1.06. The van der Waals surface area contributed by atoms with E-state index in [0.29, 0.717) is 12.1 Å². The van der Waals surface area contributed by atoms with E-state index in [4.69, 9.17) is 0 Å². The highest BCUT2D eigenvalue weighted by atomic mass is 32.1. The normalized spacial score (nSPS) is 15.9. The van der Waals surface area contributed by atoms with Crippen LogP contribution in [0.15, 0.2) is 41.1 Å². The average molecular weight is 435 g/mol. The quantitative estimate of drug-likeness (QED) is 0.491. The molecule has 0 aliphatic heterocycles. The van der Waals surface area contributed by atoms with Crippen LogP contribution in [0, 0.1) is 23.0 Å². The summed E-state index contributed by atoms with van der Waals surface area (Å²) in [5.41, 5.74) is -1.51. The molecule has 0 saturated carbocycles. The number of hydrogen-bond acceptors (Lipinski definition) is 4. The number of phenolic OH excluding ortho intramolecular Hbond substituents is 2. The maximum absolute atomic E-state index is 14.7. The first-order chi connectivity index (χ1) is 14.1. The van der Waals surface area contributed by atoms with E-state index >= 15 is 0 Å². The molecule has 0 saturated heterocycles. The summed E-state index contributed by atoms with van der Waals surface area (Å²) in [6.07, 6.45) is -4.88. The lowest BCUT2D eigenvalue weighted by Crippen LogP contribution is -2.21. The molecule has 3 nitrogen and oxygen atoms in total. The van der Waals surface area contributed by atoms with Crippen LogP contribution in [0.5, 0.6) is 11.5 Å². The van der Waals surface area contributed by atoms with Gasteiger partial charge in [-0.25, -0.2) is 8.78 Å². The second kappa shape index (κ2) is 6.85. The molecule has 0 radical (unpaired) electrons. The Balaban J connectivity index is 2.17. The highest BCUT2D eigenvalue weighted by molar-refractivity contribution is 7.08. The Hall–Kier alpha value is -3.38. The minimum atomic E-state index is -4.88. The summed E-state index contributed by atoms with van der Waals surface area (Å²) in [5, 5.41) is 31.5. The lowest BCUT2D eigenvalue weighted by atomic mass is 9.88. The Kier molecular flexibility index (Phi) is 4.55. The van der Waals surface area contributed by atoms with Gasteiger partial charge in [-0.15, -0.1) is 0 Å². The van der Waals surface area contributed by atoms with Gasteiger partial charge >= 0.3 is 6.18 Å². The van der Waals surface area contributed by atoms with Crippen LogP contribution in [0.3, 0.4) is 0 Å². The fourth-order valence-electron chi connectivity index (χ4n) is 3.70. The number of benzene rings is 2. The molecule has 30 heavy (non-hydrogen) atoms. The number of rotatable bonds is 2. The number of aromatic hydroxyl groups is 2. The van der Waals surface area contributed by atoms with Crippen molar-refractivity contribution in [3.63, 3.8) is 0 Å². The predicted molar refractivity (Wildman–Crippen MR) is 99.9 cm³/mol. The fraction of sp³-hybridized carbons (Fsp3) is 0.0952. The van der Waals surface area contributed by atoms with Gasteiger partial charge in [0.25, 0.3) is 0 Å². The van der Waals surface area contributed by atoms with Crippen molar-refractivity contribution >= 4 is 22.5 Å². The number of allylic oxidation sites excluding steroid dienone is 1. The first kappa shape index (κ1) is 19.9. The smallest absolute Gasteiger partial charge is 0.399 e. The fourth-order valence-corrected chi connectivity index (χ4v) is 4.46. The average Bonchev–Trinajstić information content (AvgIpc) is 3.25. The lowest BCUT2D eigenvalue weighted by molar-refractivity contribution is -0.136. The van der Waals surface area contributed by atoms with Crippen molar-refractivity contribution in [2.45, 2.75) is 12.1 Å². The van der Waals surface area contributed by atoms with Crippen molar-refractivity contribution in [3.05, 3.63) is 80.5 Å². The third-order valence-electron chi connectivity index (χ3n) is 4.88. The standard InChI is InChI=1S/C21H10F5NO2S/c22-15-5-17(29)16(23)4-13(15)19-18(14-8-30-7-9(14)6-27)12-3-10(28)1-2-11(12)20(19)21(24,25)26/h1-5,7-8,20,28-29H. The van der Waals surface area contributed by atoms with E-state index in [1.807, 2.05) is 6.07 Å². The molecule has 0 fully saturated rings. The summed E-state index contributed by atoms with van der Waals surface area (Å²) in [5.74, 6) is -6.22. The maximum atomic E-state index is 14.7. The van der Waals surface area contributed by atoms with Gasteiger partial charge in [0.2, 0.25) is 0 Å². The highest BCUT2D eigenvalue weighted by Crippen LogP contribution is 2.57. The summed E-state index contributed by atoms with van der Waals surface area (Å²) in [6, 6.07) is 6.04. The minimum Gasteiger partial charge on any atom is -0.508 e. The van der Waals surface area contributed by atoms with Gasteiger partial charge in [-0.3, -0.25) is 0 Å². The molecule has 3 aromatic rings.